The highest BCUT2D eigenvalue weighted by atomic mass is 19.1. The molecule has 0 aliphatic rings. The molecule has 0 radical (unpaired) electrons. The lowest BCUT2D eigenvalue weighted by Gasteiger charge is -2.19. The van der Waals surface area contributed by atoms with Crippen LogP contribution in [0.4, 0.5) is 4.39 Å². The Morgan fingerprint density at radius 2 is 2.11 bits per heavy atom. The van der Waals surface area contributed by atoms with Gasteiger partial charge in [0, 0.05) is 25.2 Å². The second-order valence-corrected chi connectivity index (χ2v) is 4.53. The molecule has 0 unspecified atom stereocenters. The minimum atomic E-state index is -0.313. The SMILES string of the molecule is CCCN(CC)CCNCc1ccc(C#N)cc1F. The van der Waals surface area contributed by atoms with E-state index in [9.17, 15) is 4.39 Å². The molecule has 0 aromatic heterocycles. The summed E-state index contributed by atoms with van der Waals surface area (Å²) >= 11 is 0. The molecule has 0 saturated heterocycles. The van der Waals surface area contributed by atoms with Crippen LogP contribution in [0.1, 0.15) is 31.4 Å². The van der Waals surface area contributed by atoms with E-state index in [2.05, 4.69) is 24.1 Å². The quantitative estimate of drug-likeness (QED) is 0.733. The fraction of sp³-hybridized carbons (Fsp3) is 0.533. The number of hydrogen-bond donors (Lipinski definition) is 1. The average molecular weight is 263 g/mol. The van der Waals surface area contributed by atoms with E-state index in [1.165, 1.54) is 6.07 Å². The first-order valence-electron chi connectivity index (χ1n) is 6.82. The molecule has 0 aliphatic heterocycles. The van der Waals surface area contributed by atoms with Crippen molar-refractivity contribution in [3.8, 4) is 6.07 Å². The van der Waals surface area contributed by atoms with Crippen LogP contribution in [-0.4, -0.2) is 31.1 Å². The third-order valence-electron chi connectivity index (χ3n) is 3.09. The number of hydrogen-bond acceptors (Lipinski definition) is 3. The lowest BCUT2D eigenvalue weighted by molar-refractivity contribution is 0.287. The predicted molar refractivity (Wildman–Crippen MR) is 75.2 cm³/mol. The fourth-order valence-electron chi connectivity index (χ4n) is 1.96. The number of nitrogens with one attached hydrogen (secondary N) is 1. The number of rotatable bonds is 8. The topological polar surface area (TPSA) is 39.1 Å². The zero-order valence-corrected chi connectivity index (χ0v) is 11.7. The van der Waals surface area contributed by atoms with Crippen molar-refractivity contribution < 1.29 is 4.39 Å². The lowest BCUT2D eigenvalue weighted by atomic mass is 10.1. The molecule has 0 saturated carbocycles. The Morgan fingerprint density at radius 3 is 2.68 bits per heavy atom. The molecule has 1 aromatic rings. The molecule has 1 aromatic carbocycles. The summed E-state index contributed by atoms with van der Waals surface area (Å²) in [5, 5.41) is 11.9. The van der Waals surface area contributed by atoms with E-state index in [0.717, 1.165) is 32.6 Å². The van der Waals surface area contributed by atoms with E-state index in [1.807, 2.05) is 6.07 Å². The zero-order valence-electron chi connectivity index (χ0n) is 11.7. The van der Waals surface area contributed by atoms with E-state index in [4.69, 9.17) is 5.26 Å². The summed E-state index contributed by atoms with van der Waals surface area (Å²) in [6, 6.07) is 6.54. The molecule has 0 fully saturated rings. The molecule has 0 amide bonds. The molecule has 1 rings (SSSR count). The van der Waals surface area contributed by atoms with Gasteiger partial charge in [0.15, 0.2) is 0 Å². The van der Waals surface area contributed by atoms with E-state index in [0.29, 0.717) is 17.7 Å². The van der Waals surface area contributed by atoms with Crippen LogP contribution >= 0.6 is 0 Å². The molecule has 4 heteroatoms. The van der Waals surface area contributed by atoms with Gasteiger partial charge in [0.2, 0.25) is 0 Å². The van der Waals surface area contributed by atoms with E-state index in [1.54, 1.807) is 12.1 Å². The van der Waals surface area contributed by atoms with E-state index >= 15 is 0 Å². The van der Waals surface area contributed by atoms with Crippen molar-refractivity contribution in [2.45, 2.75) is 26.8 Å². The van der Waals surface area contributed by atoms with Crippen molar-refractivity contribution in [1.82, 2.24) is 10.2 Å². The third-order valence-corrected chi connectivity index (χ3v) is 3.09. The van der Waals surface area contributed by atoms with Gasteiger partial charge in [-0.2, -0.15) is 5.26 Å². The molecule has 0 aliphatic carbocycles. The van der Waals surface area contributed by atoms with Crippen LogP contribution in [0, 0.1) is 17.1 Å². The van der Waals surface area contributed by atoms with Crippen molar-refractivity contribution in [3.05, 3.63) is 35.1 Å². The first-order chi connectivity index (χ1) is 9.21. The number of benzene rings is 1. The van der Waals surface area contributed by atoms with Gasteiger partial charge in [0.05, 0.1) is 11.6 Å². The minimum absolute atomic E-state index is 0.313. The predicted octanol–water partition coefficient (Wildman–Crippen LogP) is 2.52. The van der Waals surface area contributed by atoms with Gasteiger partial charge >= 0.3 is 0 Å². The smallest absolute Gasteiger partial charge is 0.129 e. The lowest BCUT2D eigenvalue weighted by Crippen LogP contribution is -2.32. The Balaban J connectivity index is 2.35. The van der Waals surface area contributed by atoms with Crippen molar-refractivity contribution >= 4 is 0 Å². The minimum Gasteiger partial charge on any atom is -0.311 e. The van der Waals surface area contributed by atoms with Gasteiger partial charge in [-0.3, -0.25) is 0 Å². The standard InChI is InChI=1S/C15H22FN3/c1-3-8-19(4-2)9-7-18-12-14-6-5-13(11-17)10-15(14)16/h5-6,10,18H,3-4,7-9,12H2,1-2H3. The molecule has 0 spiro atoms. The Kier molecular flexibility index (Phi) is 7.09. The molecule has 0 heterocycles. The van der Waals surface area contributed by atoms with Crippen LogP contribution < -0.4 is 5.32 Å². The summed E-state index contributed by atoms with van der Waals surface area (Å²) in [5.41, 5.74) is 0.971. The monoisotopic (exact) mass is 263 g/mol. The van der Waals surface area contributed by atoms with Crippen molar-refractivity contribution in [3.63, 3.8) is 0 Å². The summed E-state index contributed by atoms with van der Waals surface area (Å²) in [6.07, 6.45) is 1.15. The summed E-state index contributed by atoms with van der Waals surface area (Å²) in [5.74, 6) is -0.313. The Morgan fingerprint density at radius 1 is 1.32 bits per heavy atom. The highest BCUT2D eigenvalue weighted by Gasteiger charge is 2.04. The molecular formula is C15H22FN3. The first kappa shape index (κ1) is 15.6. The number of nitrogens with zero attached hydrogens (tertiary/aromatic N) is 2. The summed E-state index contributed by atoms with van der Waals surface area (Å²) < 4.78 is 13.6. The van der Waals surface area contributed by atoms with Crippen molar-refractivity contribution in [2.24, 2.45) is 0 Å². The van der Waals surface area contributed by atoms with Crippen molar-refractivity contribution in [2.75, 3.05) is 26.2 Å². The normalized spacial score (nSPS) is 10.7. The molecule has 104 valence electrons. The largest absolute Gasteiger partial charge is 0.311 e. The number of nitriles is 1. The van der Waals surface area contributed by atoms with Crippen LogP contribution in [0.3, 0.4) is 0 Å². The Bertz CT molecular complexity index is 426. The maximum Gasteiger partial charge on any atom is 0.129 e. The average Bonchev–Trinajstić information content (AvgIpc) is 2.43. The summed E-state index contributed by atoms with van der Waals surface area (Å²) in [7, 11) is 0. The number of likely N-dealkylation sites (N-methyl/N-ethyl adjacent to an activating group) is 1. The van der Waals surface area contributed by atoms with E-state index < -0.39 is 0 Å². The second kappa shape index (κ2) is 8.63. The zero-order chi connectivity index (χ0) is 14.1. The third kappa shape index (κ3) is 5.37. The van der Waals surface area contributed by atoms with Crippen LogP contribution in [0.5, 0.6) is 0 Å². The molecule has 0 atom stereocenters. The number of halogens is 1. The second-order valence-electron chi connectivity index (χ2n) is 4.53. The summed E-state index contributed by atoms with van der Waals surface area (Å²) in [6.45, 7) is 8.78. The fourth-order valence-corrected chi connectivity index (χ4v) is 1.96. The first-order valence-corrected chi connectivity index (χ1v) is 6.82. The molecule has 0 bridgehead atoms. The van der Waals surface area contributed by atoms with Gasteiger partial charge in [0.1, 0.15) is 5.82 Å². The Hall–Kier alpha value is -1.44. The molecule has 19 heavy (non-hydrogen) atoms. The van der Waals surface area contributed by atoms with Crippen LogP contribution in [0.15, 0.2) is 18.2 Å². The van der Waals surface area contributed by atoms with Gasteiger partial charge in [0.25, 0.3) is 0 Å². The van der Waals surface area contributed by atoms with Crippen LogP contribution in [-0.2, 0) is 6.54 Å². The van der Waals surface area contributed by atoms with Gasteiger partial charge in [-0.25, -0.2) is 4.39 Å². The van der Waals surface area contributed by atoms with Gasteiger partial charge < -0.3 is 10.2 Å². The highest BCUT2D eigenvalue weighted by Crippen LogP contribution is 2.09. The molecule has 3 nitrogen and oxygen atoms in total. The maximum atomic E-state index is 13.6. The van der Waals surface area contributed by atoms with Gasteiger partial charge in [-0.1, -0.05) is 19.9 Å². The molecular weight excluding hydrogens is 241 g/mol. The van der Waals surface area contributed by atoms with Gasteiger partial charge in [-0.15, -0.1) is 0 Å². The Labute approximate surface area is 115 Å². The highest BCUT2D eigenvalue weighted by molar-refractivity contribution is 5.32. The van der Waals surface area contributed by atoms with E-state index in [-0.39, 0.29) is 5.82 Å². The summed E-state index contributed by atoms with van der Waals surface area (Å²) in [4.78, 5) is 2.36. The van der Waals surface area contributed by atoms with Crippen LogP contribution in [0.25, 0.3) is 0 Å². The van der Waals surface area contributed by atoms with Crippen LogP contribution in [0.2, 0.25) is 0 Å². The van der Waals surface area contributed by atoms with Gasteiger partial charge in [-0.05, 0) is 31.6 Å². The molecule has 1 N–H and O–H groups in total. The van der Waals surface area contributed by atoms with Crippen molar-refractivity contribution in [1.29, 1.82) is 5.26 Å². The maximum absolute atomic E-state index is 13.6.